The van der Waals surface area contributed by atoms with Crippen LogP contribution >= 0.6 is 0 Å². The number of nitrogens with one attached hydrogen (secondary N) is 2. The Bertz CT molecular complexity index is 1370. The highest BCUT2D eigenvalue weighted by atomic mass is 19.1. The van der Waals surface area contributed by atoms with Crippen LogP contribution in [0.5, 0.6) is 0 Å². The Kier molecular flexibility index (Phi) is 7.29. The number of piperazine rings is 2. The number of halogens is 1. The van der Waals surface area contributed by atoms with Gasteiger partial charge in [0.1, 0.15) is 5.82 Å². The first-order chi connectivity index (χ1) is 17.9. The molecule has 5 rings (SSSR count). The molecule has 10 heteroatoms. The summed E-state index contributed by atoms with van der Waals surface area (Å²) >= 11 is 0. The largest absolute Gasteiger partial charge is 0.338 e. The molecule has 0 aliphatic carbocycles. The van der Waals surface area contributed by atoms with Gasteiger partial charge in [0.15, 0.2) is 0 Å². The molecule has 3 heterocycles. The van der Waals surface area contributed by atoms with E-state index in [1.807, 2.05) is 12.1 Å². The van der Waals surface area contributed by atoms with Crippen molar-refractivity contribution in [1.29, 1.82) is 0 Å². The average molecular weight is 507 g/mol. The molecule has 2 N–H and O–H groups in total. The Hall–Kier alpha value is -3.63. The van der Waals surface area contributed by atoms with Crippen molar-refractivity contribution in [2.45, 2.75) is 19.4 Å². The summed E-state index contributed by atoms with van der Waals surface area (Å²) in [6.07, 6.45) is 0.338. The second-order valence-electron chi connectivity index (χ2n) is 9.73. The van der Waals surface area contributed by atoms with E-state index in [0.717, 1.165) is 25.0 Å². The number of aromatic nitrogens is 2. The van der Waals surface area contributed by atoms with Gasteiger partial charge >= 0.3 is 0 Å². The Labute approximate surface area is 214 Å². The molecule has 0 bridgehead atoms. The molecule has 2 aromatic carbocycles. The molecule has 194 valence electrons. The van der Waals surface area contributed by atoms with Gasteiger partial charge in [0, 0.05) is 63.7 Å². The number of carbonyl (C=O) groups is 2. The van der Waals surface area contributed by atoms with Crippen LogP contribution in [0.2, 0.25) is 0 Å². The first-order valence-corrected chi connectivity index (χ1v) is 12.7. The predicted octanol–water partition coefficient (Wildman–Crippen LogP) is 1.23. The van der Waals surface area contributed by atoms with Gasteiger partial charge in [0.05, 0.1) is 23.2 Å². The van der Waals surface area contributed by atoms with Crippen molar-refractivity contribution in [3.05, 3.63) is 75.5 Å². The SMILES string of the molecule is C[C@H]1CNCCN1CC(=O)N1CCN(C(=O)c2cc(Cc3n[nH]c(=O)c4ccccc34)ccc2F)CC1. The van der Waals surface area contributed by atoms with E-state index < -0.39 is 5.82 Å². The molecule has 1 aromatic heterocycles. The summed E-state index contributed by atoms with van der Waals surface area (Å²) in [4.78, 5) is 43.7. The van der Waals surface area contributed by atoms with Gasteiger partial charge in [-0.1, -0.05) is 24.3 Å². The normalized spacial score (nSPS) is 18.8. The zero-order chi connectivity index (χ0) is 25.9. The van der Waals surface area contributed by atoms with E-state index in [9.17, 15) is 18.8 Å². The molecular weight excluding hydrogens is 475 g/mol. The quantitative estimate of drug-likeness (QED) is 0.540. The minimum atomic E-state index is -0.584. The number of hydrogen-bond donors (Lipinski definition) is 2. The summed E-state index contributed by atoms with van der Waals surface area (Å²) in [6, 6.07) is 12.0. The van der Waals surface area contributed by atoms with Crippen LogP contribution in [-0.4, -0.2) is 95.1 Å². The van der Waals surface area contributed by atoms with Crippen LogP contribution in [0.25, 0.3) is 10.8 Å². The minimum absolute atomic E-state index is 0.000600. The van der Waals surface area contributed by atoms with Gasteiger partial charge in [-0.2, -0.15) is 5.10 Å². The van der Waals surface area contributed by atoms with Gasteiger partial charge in [-0.05, 0) is 30.7 Å². The Morgan fingerprint density at radius 2 is 1.76 bits per heavy atom. The number of benzene rings is 2. The fourth-order valence-corrected chi connectivity index (χ4v) is 5.07. The lowest BCUT2D eigenvalue weighted by molar-refractivity contribution is -0.134. The summed E-state index contributed by atoms with van der Waals surface area (Å²) in [5.41, 5.74) is 1.09. The molecule has 2 amide bonds. The summed E-state index contributed by atoms with van der Waals surface area (Å²) in [5.74, 6) is -0.907. The highest BCUT2D eigenvalue weighted by Crippen LogP contribution is 2.20. The molecule has 2 fully saturated rings. The van der Waals surface area contributed by atoms with Crippen LogP contribution in [0.3, 0.4) is 0 Å². The van der Waals surface area contributed by atoms with E-state index >= 15 is 0 Å². The standard InChI is InChI=1S/C27H31FN6O3/c1-18-16-29-8-9-34(18)17-25(35)32-10-12-33(13-11-32)27(37)22-14-19(6-7-23(22)28)15-24-20-4-2-3-5-21(20)26(36)31-30-24/h2-7,14,18,29H,8-13,15-17H2,1H3,(H,31,36)/t18-/m0/s1. The monoisotopic (exact) mass is 506 g/mol. The van der Waals surface area contributed by atoms with Gasteiger partial charge in [-0.3, -0.25) is 19.3 Å². The van der Waals surface area contributed by atoms with Gasteiger partial charge in [-0.15, -0.1) is 0 Å². The topological polar surface area (TPSA) is 102 Å². The molecule has 9 nitrogen and oxygen atoms in total. The number of H-pyrrole nitrogens is 1. The average Bonchev–Trinajstić information content (AvgIpc) is 2.92. The maximum atomic E-state index is 14.7. The number of fused-ring (bicyclic) bond motifs is 1. The molecule has 0 spiro atoms. The smallest absolute Gasteiger partial charge is 0.272 e. The van der Waals surface area contributed by atoms with Gasteiger partial charge in [0.2, 0.25) is 5.91 Å². The lowest BCUT2D eigenvalue weighted by atomic mass is 10.0. The number of amides is 2. The summed E-state index contributed by atoms with van der Waals surface area (Å²) in [6.45, 7) is 6.64. The fraction of sp³-hybridized carbons (Fsp3) is 0.407. The first-order valence-electron chi connectivity index (χ1n) is 12.7. The Morgan fingerprint density at radius 1 is 1.03 bits per heavy atom. The third kappa shape index (κ3) is 5.40. The van der Waals surface area contributed by atoms with E-state index in [-0.39, 0.29) is 22.9 Å². The van der Waals surface area contributed by atoms with Gasteiger partial charge < -0.3 is 15.1 Å². The predicted molar refractivity (Wildman–Crippen MR) is 138 cm³/mol. The van der Waals surface area contributed by atoms with Crippen molar-refractivity contribution in [3.8, 4) is 0 Å². The zero-order valence-corrected chi connectivity index (χ0v) is 20.9. The Morgan fingerprint density at radius 3 is 2.51 bits per heavy atom. The molecule has 0 radical (unpaired) electrons. The number of rotatable bonds is 5. The van der Waals surface area contributed by atoms with E-state index in [4.69, 9.17) is 0 Å². The Balaban J connectivity index is 1.25. The van der Waals surface area contributed by atoms with Crippen molar-refractivity contribution in [1.82, 2.24) is 30.2 Å². The van der Waals surface area contributed by atoms with E-state index in [1.165, 1.54) is 6.07 Å². The second-order valence-corrected chi connectivity index (χ2v) is 9.73. The fourth-order valence-electron chi connectivity index (χ4n) is 5.07. The maximum absolute atomic E-state index is 14.7. The molecule has 2 aliphatic rings. The maximum Gasteiger partial charge on any atom is 0.272 e. The van der Waals surface area contributed by atoms with E-state index in [0.29, 0.717) is 61.8 Å². The number of nitrogens with zero attached hydrogens (tertiary/aromatic N) is 4. The van der Waals surface area contributed by atoms with E-state index in [2.05, 4.69) is 27.3 Å². The molecule has 0 unspecified atom stereocenters. The van der Waals surface area contributed by atoms with Crippen LogP contribution in [-0.2, 0) is 11.2 Å². The highest BCUT2D eigenvalue weighted by Gasteiger charge is 2.28. The molecule has 37 heavy (non-hydrogen) atoms. The van der Waals surface area contributed by atoms with Crippen molar-refractivity contribution in [2.24, 2.45) is 0 Å². The van der Waals surface area contributed by atoms with Gasteiger partial charge in [0.25, 0.3) is 11.5 Å². The lowest BCUT2D eigenvalue weighted by Gasteiger charge is -2.38. The third-order valence-corrected chi connectivity index (χ3v) is 7.30. The molecular formula is C27H31FN6O3. The van der Waals surface area contributed by atoms with Crippen LogP contribution in [0.4, 0.5) is 4.39 Å². The minimum Gasteiger partial charge on any atom is -0.338 e. The highest BCUT2D eigenvalue weighted by molar-refractivity contribution is 5.95. The van der Waals surface area contributed by atoms with Gasteiger partial charge in [-0.25, -0.2) is 9.49 Å². The summed E-state index contributed by atoms with van der Waals surface area (Å²) in [7, 11) is 0. The third-order valence-electron chi connectivity index (χ3n) is 7.30. The van der Waals surface area contributed by atoms with Crippen LogP contribution in [0.15, 0.2) is 47.3 Å². The zero-order valence-electron chi connectivity index (χ0n) is 20.9. The number of hydrogen-bond acceptors (Lipinski definition) is 6. The summed E-state index contributed by atoms with van der Waals surface area (Å²) in [5, 5.41) is 11.3. The number of aromatic amines is 1. The molecule has 1 atom stereocenters. The first kappa shape index (κ1) is 25.0. The van der Waals surface area contributed by atoms with Crippen molar-refractivity contribution < 1.29 is 14.0 Å². The summed E-state index contributed by atoms with van der Waals surface area (Å²) < 4.78 is 14.7. The van der Waals surface area contributed by atoms with Crippen molar-refractivity contribution >= 4 is 22.6 Å². The van der Waals surface area contributed by atoms with Crippen LogP contribution in [0.1, 0.15) is 28.5 Å². The molecule has 2 aliphatic heterocycles. The molecule has 3 aromatic rings. The van der Waals surface area contributed by atoms with Crippen LogP contribution in [0, 0.1) is 5.82 Å². The molecule has 0 saturated carbocycles. The second kappa shape index (κ2) is 10.8. The number of carbonyl (C=O) groups excluding carboxylic acids is 2. The van der Waals surface area contributed by atoms with Crippen LogP contribution < -0.4 is 10.9 Å². The van der Waals surface area contributed by atoms with Crippen molar-refractivity contribution in [3.63, 3.8) is 0 Å². The lowest BCUT2D eigenvalue weighted by Crippen LogP contribution is -2.56. The van der Waals surface area contributed by atoms with Crippen molar-refractivity contribution in [2.75, 3.05) is 52.4 Å². The molecule has 2 saturated heterocycles. The van der Waals surface area contributed by atoms with E-state index in [1.54, 1.807) is 34.1 Å².